The van der Waals surface area contributed by atoms with Crippen molar-refractivity contribution in [1.29, 1.82) is 0 Å². The first kappa shape index (κ1) is 20.3. The minimum Gasteiger partial charge on any atom is -0.480 e. The van der Waals surface area contributed by atoms with E-state index in [0.717, 1.165) is 22.3 Å². The second-order valence-electron chi connectivity index (χ2n) is 7.57. The molecule has 4 rings (SSSR count). The van der Waals surface area contributed by atoms with E-state index in [1.54, 1.807) is 0 Å². The van der Waals surface area contributed by atoms with Crippen LogP contribution in [0.3, 0.4) is 0 Å². The molecule has 8 heteroatoms. The maximum absolute atomic E-state index is 13.3. The number of hydrogen-bond acceptors (Lipinski definition) is 3. The first-order valence-electron chi connectivity index (χ1n) is 9.70. The van der Waals surface area contributed by atoms with Crippen LogP contribution in [-0.2, 0) is 9.53 Å². The minimum absolute atomic E-state index is 0.0676. The number of alkyl halides is 3. The van der Waals surface area contributed by atoms with E-state index in [1.165, 1.54) is 0 Å². The summed E-state index contributed by atoms with van der Waals surface area (Å²) in [5.41, 5.74) is 3.97. The lowest BCUT2D eigenvalue weighted by atomic mass is 9.89. The molecule has 0 radical (unpaired) electrons. The van der Waals surface area contributed by atoms with Gasteiger partial charge in [0, 0.05) is 12.5 Å². The van der Waals surface area contributed by atoms with Crippen molar-refractivity contribution in [2.24, 2.45) is 5.92 Å². The number of benzene rings is 2. The Morgan fingerprint density at radius 2 is 1.60 bits per heavy atom. The monoisotopic (exact) mass is 419 g/mol. The number of carboxylic acids is 1. The highest BCUT2D eigenvalue weighted by molar-refractivity contribution is 5.81. The van der Waals surface area contributed by atoms with Gasteiger partial charge in [0.25, 0.3) is 0 Å². The SMILES string of the molecule is O=C(O)[C@H]1[C@@H](C(F)(F)F)CCCN1C(=O)OCC1c2ccccc2-c2ccccc21. The zero-order valence-corrected chi connectivity index (χ0v) is 15.9. The topological polar surface area (TPSA) is 66.8 Å². The Hall–Kier alpha value is -3.03. The highest BCUT2D eigenvalue weighted by Crippen LogP contribution is 2.45. The van der Waals surface area contributed by atoms with Gasteiger partial charge in [-0.3, -0.25) is 4.90 Å². The van der Waals surface area contributed by atoms with Crippen LogP contribution in [0.5, 0.6) is 0 Å². The molecule has 1 amide bonds. The van der Waals surface area contributed by atoms with Crippen LogP contribution in [0.2, 0.25) is 0 Å². The van der Waals surface area contributed by atoms with Crippen LogP contribution < -0.4 is 0 Å². The van der Waals surface area contributed by atoms with Crippen molar-refractivity contribution in [3.8, 4) is 11.1 Å². The van der Waals surface area contributed by atoms with Gasteiger partial charge in [-0.1, -0.05) is 48.5 Å². The third kappa shape index (κ3) is 3.51. The number of hydrogen-bond donors (Lipinski definition) is 1. The second-order valence-corrected chi connectivity index (χ2v) is 7.57. The fraction of sp³-hybridized carbons (Fsp3) is 0.364. The number of ether oxygens (including phenoxy) is 1. The lowest BCUT2D eigenvalue weighted by Gasteiger charge is -2.38. The maximum Gasteiger partial charge on any atom is 0.410 e. The van der Waals surface area contributed by atoms with E-state index in [4.69, 9.17) is 4.74 Å². The number of piperidine rings is 1. The van der Waals surface area contributed by atoms with Gasteiger partial charge in [-0.05, 0) is 35.1 Å². The fourth-order valence-corrected chi connectivity index (χ4v) is 4.53. The van der Waals surface area contributed by atoms with Gasteiger partial charge in [-0.15, -0.1) is 0 Å². The number of carboxylic acid groups (broad SMARTS) is 1. The summed E-state index contributed by atoms with van der Waals surface area (Å²) in [4.78, 5) is 24.9. The number of halogens is 3. The molecule has 0 bridgehead atoms. The molecule has 1 saturated heterocycles. The molecule has 0 saturated carbocycles. The van der Waals surface area contributed by atoms with Crippen LogP contribution in [-0.4, -0.2) is 47.4 Å². The second kappa shape index (κ2) is 7.66. The molecular weight excluding hydrogens is 399 g/mol. The Bertz CT molecular complexity index is 929. The molecule has 2 atom stereocenters. The molecule has 2 aromatic rings. The predicted octanol–water partition coefficient (Wildman–Crippen LogP) is 4.66. The average molecular weight is 419 g/mol. The molecule has 1 N–H and O–H groups in total. The van der Waals surface area contributed by atoms with E-state index in [2.05, 4.69) is 0 Å². The number of likely N-dealkylation sites (tertiary alicyclic amines) is 1. The molecule has 0 spiro atoms. The maximum atomic E-state index is 13.3. The Kier molecular flexibility index (Phi) is 5.17. The van der Waals surface area contributed by atoms with Crippen molar-refractivity contribution < 1.29 is 32.6 Å². The first-order chi connectivity index (χ1) is 14.3. The van der Waals surface area contributed by atoms with Crippen molar-refractivity contribution in [1.82, 2.24) is 4.90 Å². The standard InChI is InChI=1S/C22H20F3NO4/c23-22(24,25)18-10-5-11-26(19(18)20(27)28)21(29)30-12-17-15-8-3-1-6-13(15)14-7-2-4-9-16(14)17/h1-4,6-9,17-19H,5,10-12H2,(H,27,28)/t18-,19+/m0/s1. The highest BCUT2D eigenvalue weighted by atomic mass is 19.4. The molecular formula is C22H20F3NO4. The first-order valence-corrected chi connectivity index (χ1v) is 9.70. The van der Waals surface area contributed by atoms with E-state index in [-0.39, 0.29) is 31.9 Å². The van der Waals surface area contributed by atoms with Crippen LogP contribution in [0.4, 0.5) is 18.0 Å². The van der Waals surface area contributed by atoms with Gasteiger partial charge in [0.05, 0.1) is 5.92 Å². The summed E-state index contributed by atoms with van der Waals surface area (Å²) >= 11 is 0. The zero-order valence-electron chi connectivity index (χ0n) is 15.9. The van der Waals surface area contributed by atoms with Gasteiger partial charge < -0.3 is 9.84 Å². The van der Waals surface area contributed by atoms with Crippen molar-refractivity contribution in [2.45, 2.75) is 31.0 Å². The largest absolute Gasteiger partial charge is 0.480 e. The van der Waals surface area contributed by atoms with Crippen LogP contribution in [0.1, 0.15) is 29.9 Å². The van der Waals surface area contributed by atoms with Crippen LogP contribution in [0, 0.1) is 5.92 Å². The zero-order chi connectivity index (χ0) is 21.5. The summed E-state index contributed by atoms with van der Waals surface area (Å²) in [5.74, 6) is -4.04. The lowest BCUT2D eigenvalue weighted by Crippen LogP contribution is -2.56. The third-order valence-electron chi connectivity index (χ3n) is 5.88. The van der Waals surface area contributed by atoms with E-state index in [0.29, 0.717) is 4.90 Å². The summed E-state index contributed by atoms with van der Waals surface area (Å²) in [5, 5.41) is 9.38. The normalized spacial score (nSPS) is 21.1. The van der Waals surface area contributed by atoms with Crippen molar-refractivity contribution in [3.05, 3.63) is 59.7 Å². The molecule has 1 aliphatic heterocycles. The summed E-state index contributed by atoms with van der Waals surface area (Å²) < 4.78 is 45.3. The number of fused-ring (bicyclic) bond motifs is 3. The van der Waals surface area contributed by atoms with Gasteiger partial charge >= 0.3 is 18.2 Å². The molecule has 2 aromatic carbocycles. The van der Waals surface area contributed by atoms with Gasteiger partial charge in [-0.2, -0.15) is 13.2 Å². The fourth-order valence-electron chi connectivity index (χ4n) is 4.53. The molecule has 30 heavy (non-hydrogen) atoms. The summed E-state index contributed by atoms with van der Waals surface area (Å²) in [6, 6.07) is 13.4. The molecule has 2 aliphatic rings. The van der Waals surface area contributed by atoms with Crippen molar-refractivity contribution in [3.63, 3.8) is 0 Å². The average Bonchev–Trinajstić information content (AvgIpc) is 3.04. The quantitative estimate of drug-likeness (QED) is 0.786. The number of rotatable bonds is 3. The van der Waals surface area contributed by atoms with Crippen LogP contribution >= 0.6 is 0 Å². The van der Waals surface area contributed by atoms with Gasteiger partial charge in [-0.25, -0.2) is 9.59 Å². The Balaban J connectivity index is 1.54. The van der Waals surface area contributed by atoms with Gasteiger partial charge in [0.2, 0.25) is 0 Å². The van der Waals surface area contributed by atoms with E-state index >= 15 is 0 Å². The molecule has 1 heterocycles. The van der Waals surface area contributed by atoms with Crippen LogP contribution in [0.25, 0.3) is 11.1 Å². The molecule has 158 valence electrons. The minimum atomic E-state index is -4.70. The van der Waals surface area contributed by atoms with E-state index in [9.17, 15) is 27.9 Å². The summed E-state index contributed by atoms with van der Waals surface area (Å²) in [6.45, 7) is -0.160. The van der Waals surface area contributed by atoms with Crippen LogP contribution in [0.15, 0.2) is 48.5 Å². The lowest BCUT2D eigenvalue weighted by molar-refractivity contribution is -0.205. The third-order valence-corrected chi connectivity index (χ3v) is 5.88. The summed E-state index contributed by atoms with van der Waals surface area (Å²) in [7, 11) is 0. The molecule has 1 aliphatic carbocycles. The number of carbonyl (C=O) groups is 2. The summed E-state index contributed by atoms with van der Waals surface area (Å²) in [6.07, 6.45) is -5.99. The number of amides is 1. The number of carbonyl (C=O) groups excluding carboxylic acids is 1. The molecule has 0 aromatic heterocycles. The van der Waals surface area contributed by atoms with E-state index in [1.807, 2.05) is 48.5 Å². The number of nitrogens with zero attached hydrogens (tertiary/aromatic N) is 1. The molecule has 5 nitrogen and oxygen atoms in total. The molecule has 1 fully saturated rings. The van der Waals surface area contributed by atoms with E-state index < -0.39 is 30.2 Å². The van der Waals surface area contributed by atoms with Crippen molar-refractivity contribution in [2.75, 3.05) is 13.2 Å². The van der Waals surface area contributed by atoms with Gasteiger partial charge in [0.1, 0.15) is 12.6 Å². The smallest absolute Gasteiger partial charge is 0.410 e. The Morgan fingerprint density at radius 3 is 2.13 bits per heavy atom. The van der Waals surface area contributed by atoms with Crippen molar-refractivity contribution >= 4 is 12.1 Å². The number of aliphatic carboxylic acids is 1. The Labute approximate surface area is 171 Å². The Morgan fingerprint density at radius 1 is 1.03 bits per heavy atom. The molecule has 0 unspecified atom stereocenters. The highest BCUT2D eigenvalue weighted by Gasteiger charge is 2.53. The predicted molar refractivity (Wildman–Crippen MR) is 102 cm³/mol. The van der Waals surface area contributed by atoms with Gasteiger partial charge in [0.15, 0.2) is 0 Å².